The number of hydrogen-bond acceptors (Lipinski definition) is 19. The van der Waals surface area contributed by atoms with Gasteiger partial charge in [0.1, 0.15) is 23.8 Å². The lowest BCUT2D eigenvalue weighted by Gasteiger charge is -2.06. The van der Waals surface area contributed by atoms with Gasteiger partial charge in [0.25, 0.3) is 0 Å². The van der Waals surface area contributed by atoms with Gasteiger partial charge in [0.15, 0.2) is 0 Å². The van der Waals surface area contributed by atoms with Crippen LogP contribution in [-0.4, -0.2) is 114 Å². The average Bonchev–Trinajstić information content (AvgIpc) is 2.89. The fourth-order valence-electron chi connectivity index (χ4n) is 1.52. The van der Waals surface area contributed by atoms with Gasteiger partial charge in [0, 0.05) is 31.8 Å². The van der Waals surface area contributed by atoms with Crippen LogP contribution in [0.3, 0.4) is 0 Å². The summed E-state index contributed by atoms with van der Waals surface area (Å²) in [5, 5.41) is 20.4. The Hall–Kier alpha value is 1.85. The third-order valence-corrected chi connectivity index (χ3v) is 11.5. The van der Waals surface area contributed by atoms with Crippen molar-refractivity contribution in [2.45, 2.75) is 0 Å². The lowest BCUT2D eigenvalue weighted by molar-refractivity contribution is -0.274. The molecule has 0 aliphatic heterocycles. The predicted molar refractivity (Wildman–Crippen MR) is 167 cm³/mol. The molecule has 0 aromatic heterocycles. The van der Waals surface area contributed by atoms with Crippen molar-refractivity contribution in [1.82, 2.24) is 0 Å². The second kappa shape index (κ2) is 34.1. The third kappa shape index (κ3) is 34.0. The lowest BCUT2D eigenvalue weighted by Crippen LogP contribution is -2.07. The van der Waals surface area contributed by atoms with Crippen molar-refractivity contribution in [2.24, 2.45) is 0 Å². The van der Waals surface area contributed by atoms with E-state index in [2.05, 4.69) is 0 Å². The summed E-state index contributed by atoms with van der Waals surface area (Å²) in [4.78, 5) is 43.0. The first-order valence-corrected chi connectivity index (χ1v) is 20.8. The standard InChI is InChI=1S/C18H34O10S9/c19-7-33-9-23-17(21)5-31-13-30-4-2-26-28-12-36-16-37-15-35-10-24-18(22)6-32-14-29-3-1-25-27-11-34-8-20/h19-20H,1-16H2. The van der Waals surface area contributed by atoms with Crippen molar-refractivity contribution >= 4 is 118 Å². The minimum atomic E-state index is -0.276. The molecule has 0 saturated carbocycles. The van der Waals surface area contributed by atoms with Gasteiger partial charge in [-0.05, 0) is 0 Å². The normalized spacial score (nSPS) is 11.1. The minimum Gasteiger partial charge on any atom is -0.454 e. The van der Waals surface area contributed by atoms with Crippen molar-refractivity contribution in [1.29, 1.82) is 0 Å². The van der Waals surface area contributed by atoms with Gasteiger partial charge in [0.05, 0.1) is 36.6 Å². The molecule has 0 saturated heterocycles. The molecule has 0 heterocycles. The Balaban J connectivity index is 3.18. The molecule has 0 fully saturated rings. The Kier molecular flexibility index (Phi) is 35.8. The van der Waals surface area contributed by atoms with Crippen LogP contribution in [-0.2, 0) is 38.6 Å². The highest BCUT2D eigenvalue weighted by atomic mass is 32.2. The molecule has 2 N–H and O–H groups in total. The zero-order valence-electron chi connectivity index (χ0n) is 20.1. The number of carbonyl (C=O) groups is 2. The molecule has 0 bridgehead atoms. The molecule has 0 aromatic rings. The molecule has 0 radical (unpaired) electrons. The topological polar surface area (TPSA) is 130 Å². The van der Waals surface area contributed by atoms with Crippen LogP contribution in [0.5, 0.6) is 0 Å². The summed E-state index contributed by atoms with van der Waals surface area (Å²) in [6, 6.07) is 0. The van der Waals surface area contributed by atoms with Crippen molar-refractivity contribution in [3.8, 4) is 0 Å². The smallest absolute Gasteiger partial charge is 0.316 e. The number of carbonyl (C=O) groups excluding carboxylic acids is 2. The highest BCUT2D eigenvalue weighted by molar-refractivity contribution is 8.22. The Morgan fingerprint density at radius 2 is 0.919 bits per heavy atom. The molecule has 0 spiro atoms. The summed E-state index contributed by atoms with van der Waals surface area (Å²) in [5.41, 5.74) is 0. The summed E-state index contributed by atoms with van der Waals surface area (Å²) < 4.78 is 10.1. The maximum atomic E-state index is 11.7. The van der Waals surface area contributed by atoms with Gasteiger partial charge in [-0.15, -0.1) is 94.1 Å². The van der Waals surface area contributed by atoms with Gasteiger partial charge in [-0.3, -0.25) is 9.59 Å². The Labute approximate surface area is 257 Å². The molecular formula is C18H34O10S9. The molecule has 220 valence electrons. The van der Waals surface area contributed by atoms with Crippen molar-refractivity contribution in [2.75, 3.05) is 92.2 Å². The third-order valence-electron chi connectivity index (χ3n) is 2.95. The summed E-state index contributed by atoms with van der Waals surface area (Å²) >= 11 is 13.5. The van der Waals surface area contributed by atoms with Crippen LogP contribution >= 0.6 is 106 Å². The minimum absolute atomic E-state index is 0.00662. The monoisotopic (exact) mass is 698 g/mol. The van der Waals surface area contributed by atoms with E-state index in [9.17, 15) is 9.59 Å². The van der Waals surface area contributed by atoms with E-state index in [4.69, 9.17) is 39.2 Å². The number of thioether (sulfide) groups is 9. The van der Waals surface area contributed by atoms with Crippen molar-refractivity contribution in [3.05, 3.63) is 0 Å². The predicted octanol–water partition coefficient (Wildman–Crippen LogP) is 4.13. The molecule has 0 aliphatic carbocycles. The Morgan fingerprint density at radius 3 is 1.46 bits per heavy atom. The maximum absolute atomic E-state index is 11.7. The van der Waals surface area contributed by atoms with Crippen LogP contribution in [0.25, 0.3) is 0 Å². The maximum Gasteiger partial charge on any atom is 0.316 e. The van der Waals surface area contributed by atoms with Gasteiger partial charge >= 0.3 is 11.9 Å². The first-order chi connectivity index (χ1) is 18.2. The SMILES string of the molecule is O=C(CSCSCCOOCSCSCSCOC(=O)CSCSCCOOCSCO)OCSCO. The number of aliphatic hydroxyl groups is 2. The largest absolute Gasteiger partial charge is 0.454 e. The summed E-state index contributed by atoms with van der Waals surface area (Å²) in [7, 11) is 0. The number of hydrogen-bond donors (Lipinski definition) is 2. The molecule has 0 atom stereocenters. The molecule has 19 heteroatoms. The van der Waals surface area contributed by atoms with Crippen LogP contribution in [0.4, 0.5) is 0 Å². The van der Waals surface area contributed by atoms with Crippen LogP contribution in [0.15, 0.2) is 0 Å². The highest BCUT2D eigenvalue weighted by Gasteiger charge is 2.04. The van der Waals surface area contributed by atoms with E-state index in [0.717, 1.165) is 43.6 Å². The molecule has 0 aliphatic rings. The molecule has 0 amide bonds. The van der Waals surface area contributed by atoms with Crippen molar-refractivity contribution < 1.29 is 48.8 Å². The van der Waals surface area contributed by atoms with Gasteiger partial charge in [-0.1, -0.05) is 11.8 Å². The molecule has 0 rings (SSSR count). The second-order valence-electron chi connectivity index (χ2n) is 5.65. The van der Waals surface area contributed by atoms with E-state index in [1.165, 1.54) is 35.3 Å². The zero-order valence-corrected chi connectivity index (χ0v) is 27.5. The molecule has 10 nitrogen and oxygen atoms in total. The number of rotatable bonds is 30. The lowest BCUT2D eigenvalue weighted by atomic mass is 10.8. The number of ether oxygens (including phenoxy) is 2. The summed E-state index contributed by atoms with van der Waals surface area (Å²) in [5.74, 6) is 2.90. The van der Waals surface area contributed by atoms with Gasteiger partial charge in [-0.2, -0.15) is 0 Å². The molecule has 0 aromatic carbocycles. The fraction of sp³-hybridized carbons (Fsp3) is 0.889. The van der Waals surface area contributed by atoms with Crippen LogP contribution < -0.4 is 0 Å². The second-order valence-corrected chi connectivity index (χ2v) is 15.9. The summed E-state index contributed by atoms with van der Waals surface area (Å²) in [6.07, 6.45) is 0. The highest BCUT2D eigenvalue weighted by Crippen LogP contribution is 2.19. The van der Waals surface area contributed by atoms with E-state index < -0.39 is 0 Å². The van der Waals surface area contributed by atoms with Crippen LogP contribution in [0, 0.1) is 0 Å². The van der Waals surface area contributed by atoms with Gasteiger partial charge in [0.2, 0.25) is 0 Å². The summed E-state index contributed by atoms with van der Waals surface area (Å²) in [6.45, 7) is 0.936. The molecule has 0 unspecified atom stereocenters. The number of esters is 2. The number of aliphatic hydroxyl groups excluding tert-OH is 2. The quantitative estimate of drug-likeness (QED) is 0.0366. The van der Waals surface area contributed by atoms with E-state index in [1.54, 1.807) is 58.8 Å². The fourth-order valence-corrected chi connectivity index (χ4v) is 8.16. The van der Waals surface area contributed by atoms with Crippen LogP contribution in [0.2, 0.25) is 0 Å². The Bertz CT molecular complexity index is 515. The van der Waals surface area contributed by atoms with E-state index in [-0.39, 0.29) is 29.8 Å². The molecule has 37 heavy (non-hydrogen) atoms. The van der Waals surface area contributed by atoms with Gasteiger partial charge in [-0.25, -0.2) is 19.6 Å². The molecular weight excluding hydrogens is 665 g/mol. The van der Waals surface area contributed by atoms with Crippen molar-refractivity contribution in [3.63, 3.8) is 0 Å². The first-order valence-electron chi connectivity index (χ1n) is 10.4. The van der Waals surface area contributed by atoms with Gasteiger partial charge < -0.3 is 19.7 Å². The van der Waals surface area contributed by atoms with E-state index in [0.29, 0.717) is 42.5 Å². The van der Waals surface area contributed by atoms with E-state index in [1.807, 2.05) is 0 Å². The zero-order chi connectivity index (χ0) is 27.1. The average molecular weight is 699 g/mol. The van der Waals surface area contributed by atoms with Crippen LogP contribution in [0.1, 0.15) is 0 Å². The van der Waals surface area contributed by atoms with E-state index >= 15 is 0 Å². The Morgan fingerprint density at radius 1 is 0.486 bits per heavy atom. The first kappa shape index (κ1) is 38.9.